The molecule has 1 amide bonds. The van der Waals surface area contributed by atoms with Crippen molar-refractivity contribution in [3.63, 3.8) is 0 Å². The molecule has 0 saturated heterocycles. The van der Waals surface area contributed by atoms with Crippen molar-refractivity contribution < 1.29 is 9.53 Å². The highest BCUT2D eigenvalue weighted by Crippen LogP contribution is 2.27. The number of ether oxygens (including phenoxy) is 1. The molecule has 0 radical (unpaired) electrons. The maximum Gasteiger partial charge on any atom is 0.410 e. The first-order chi connectivity index (χ1) is 7.92. The summed E-state index contributed by atoms with van der Waals surface area (Å²) in [7, 11) is 0. The number of rotatable bonds is 6. The molecule has 0 atom stereocenters. The van der Waals surface area contributed by atoms with Crippen LogP contribution in [0.1, 0.15) is 40.5 Å². The number of carbonyl (C=O) groups is 1. The van der Waals surface area contributed by atoms with Gasteiger partial charge in [-0.05, 0) is 53.0 Å². The molecule has 0 aromatic carbocycles. The predicted octanol–water partition coefficient (Wildman–Crippen LogP) is 2.24. The molecule has 4 heteroatoms. The van der Waals surface area contributed by atoms with E-state index in [1.165, 1.54) is 12.8 Å². The molecular weight excluding hydrogens is 216 g/mol. The first-order valence-corrected chi connectivity index (χ1v) is 6.61. The minimum absolute atomic E-state index is 0.215. The van der Waals surface area contributed by atoms with Crippen LogP contribution < -0.4 is 5.32 Å². The molecule has 4 nitrogen and oxygen atoms in total. The third-order valence-corrected chi connectivity index (χ3v) is 2.72. The minimum atomic E-state index is -0.411. The Morgan fingerprint density at radius 3 is 2.53 bits per heavy atom. The van der Waals surface area contributed by atoms with E-state index in [9.17, 15) is 4.79 Å². The molecule has 1 aliphatic rings. The Hall–Kier alpha value is -0.770. The van der Waals surface area contributed by atoms with Crippen LogP contribution in [-0.4, -0.2) is 42.8 Å². The van der Waals surface area contributed by atoms with Gasteiger partial charge in [0.1, 0.15) is 5.60 Å². The van der Waals surface area contributed by atoms with Gasteiger partial charge in [-0.25, -0.2) is 4.79 Å². The van der Waals surface area contributed by atoms with E-state index in [0.717, 1.165) is 25.6 Å². The number of amides is 1. The van der Waals surface area contributed by atoms with Gasteiger partial charge >= 0.3 is 6.09 Å². The summed E-state index contributed by atoms with van der Waals surface area (Å²) in [5, 5.41) is 3.38. The zero-order chi connectivity index (χ0) is 12.9. The lowest BCUT2D eigenvalue weighted by Crippen LogP contribution is -2.40. The molecule has 0 spiro atoms. The van der Waals surface area contributed by atoms with Crippen molar-refractivity contribution in [2.24, 2.45) is 5.92 Å². The van der Waals surface area contributed by atoms with E-state index in [1.54, 1.807) is 4.90 Å². The predicted molar refractivity (Wildman–Crippen MR) is 69.1 cm³/mol. The molecule has 0 aliphatic heterocycles. The highest BCUT2D eigenvalue weighted by atomic mass is 16.6. The van der Waals surface area contributed by atoms with Crippen LogP contribution in [0.4, 0.5) is 4.79 Å². The molecule has 0 heterocycles. The molecule has 100 valence electrons. The zero-order valence-corrected chi connectivity index (χ0v) is 11.6. The van der Waals surface area contributed by atoms with E-state index in [-0.39, 0.29) is 6.09 Å². The number of likely N-dealkylation sites (N-methyl/N-ethyl adjacent to an activating group) is 1. The van der Waals surface area contributed by atoms with Gasteiger partial charge in [0, 0.05) is 19.6 Å². The zero-order valence-electron chi connectivity index (χ0n) is 11.6. The molecule has 1 saturated carbocycles. The van der Waals surface area contributed by atoms with E-state index in [1.807, 2.05) is 27.7 Å². The molecule has 0 aromatic heterocycles. The molecule has 1 N–H and O–H groups in total. The van der Waals surface area contributed by atoms with Gasteiger partial charge < -0.3 is 15.0 Å². The van der Waals surface area contributed by atoms with Gasteiger partial charge in [0.05, 0.1) is 0 Å². The number of hydrogen-bond acceptors (Lipinski definition) is 3. The minimum Gasteiger partial charge on any atom is -0.444 e. The quantitative estimate of drug-likeness (QED) is 0.726. The Morgan fingerprint density at radius 2 is 2.06 bits per heavy atom. The van der Waals surface area contributed by atoms with Crippen molar-refractivity contribution >= 4 is 6.09 Å². The first-order valence-electron chi connectivity index (χ1n) is 6.61. The van der Waals surface area contributed by atoms with Gasteiger partial charge in [0.15, 0.2) is 0 Å². The summed E-state index contributed by atoms with van der Waals surface area (Å²) < 4.78 is 5.34. The lowest BCUT2D eigenvalue weighted by molar-refractivity contribution is 0.0262. The molecule has 17 heavy (non-hydrogen) atoms. The van der Waals surface area contributed by atoms with Gasteiger partial charge in [0.25, 0.3) is 0 Å². The van der Waals surface area contributed by atoms with Gasteiger partial charge in [-0.3, -0.25) is 0 Å². The van der Waals surface area contributed by atoms with Crippen molar-refractivity contribution in [3.05, 3.63) is 0 Å². The second kappa shape index (κ2) is 6.24. The molecular formula is C13H26N2O2. The normalized spacial score (nSPS) is 15.8. The summed E-state index contributed by atoms with van der Waals surface area (Å²) in [6, 6.07) is 0. The van der Waals surface area contributed by atoms with Crippen molar-refractivity contribution in [1.29, 1.82) is 0 Å². The van der Waals surface area contributed by atoms with Crippen LogP contribution in [-0.2, 0) is 4.74 Å². The fraction of sp³-hybridized carbons (Fsp3) is 0.923. The summed E-state index contributed by atoms with van der Waals surface area (Å²) in [4.78, 5) is 13.5. The smallest absolute Gasteiger partial charge is 0.410 e. The average molecular weight is 242 g/mol. The third-order valence-electron chi connectivity index (χ3n) is 2.72. The molecule has 0 bridgehead atoms. The number of nitrogens with one attached hydrogen (secondary N) is 1. The average Bonchev–Trinajstić information content (AvgIpc) is 2.98. The van der Waals surface area contributed by atoms with E-state index in [2.05, 4.69) is 5.32 Å². The maximum atomic E-state index is 11.8. The van der Waals surface area contributed by atoms with Gasteiger partial charge in [-0.15, -0.1) is 0 Å². The molecule has 1 rings (SSSR count). The van der Waals surface area contributed by atoms with E-state index < -0.39 is 5.60 Å². The fourth-order valence-corrected chi connectivity index (χ4v) is 1.55. The van der Waals surface area contributed by atoms with E-state index in [0.29, 0.717) is 6.54 Å². The van der Waals surface area contributed by atoms with Crippen molar-refractivity contribution in [1.82, 2.24) is 10.2 Å². The first kappa shape index (κ1) is 14.3. The summed E-state index contributed by atoms with van der Waals surface area (Å²) in [5.74, 6) is 0.881. The summed E-state index contributed by atoms with van der Waals surface area (Å²) in [5.41, 5.74) is -0.411. The Labute approximate surface area is 105 Å². The molecule has 0 aromatic rings. The highest BCUT2D eigenvalue weighted by molar-refractivity contribution is 5.68. The number of nitrogens with zero attached hydrogens (tertiary/aromatic N) is 1. The van der Waals surface area contributed by atoms with Gasteiger partial charge in [0.2, 0.25) is 0 Å². The topological polar surface area (TPSA) is 41.6 Å². The Morgan fingerprint density at radius 1 is 1.41 bits per heavy atom. The van der Waals surface area contributed by atoms with Crippen LogP contribution in [0.15, 0.2) is 0 Å². The number of hydrogen-bond donors (Lipinski definition) is 1. The largest absolute Gasteiger partial charge is 0.444 e. The van der Waals surface area contributed by atoms with Crippen LogP contribution in [0.25, 0.3) is 0 Å². The molecule has 1 fully saturated rings. The summed E-state index contributed by atoms with van der Waals surface area (Å²) in [6.07, 6.45) is 2.50. The lowest BCUT2D eigenvalue weighted by Gasteiger charge is -2.26. The van der Waals surface area contributed by atoms with Crippen LogP contribution in [0.3, 0.4) is 0 Å². The van der Waals surface area contributed by atoms with E-state index >= 15 is 0 Å². The number of carbonyl (C=O) groups excluding carboxylic acids is 1. The Bertz CT molecular complexity index is 244. The van der Waals surface area contributed by atoms with Crippen LogP contribution >= 0.6 is 0 Å². The Kier molecular flexibility index (Phi) is 5.25. The van der Waals surface area contributed by atoms with Gasteiger partial charge in [-0.1, -0.05) is 0 Å². The lowest BCUT2D eigenvalue weighted by atomic mass is 10.2. The van der Waals surface area contributed by atoms with Crippen molar-refractivity contribution in [2.75, 3.05) is 26.2 Å². The monoisotopic (exact) mass is 242 g/mol. The van der Waals surface area contributed by atoms with Crippen LogP contribution in [0.2, 0.25) is 0 Å². The fourth-order valence-electron chi connectivity index (χ4n) is 1.55. The van der Waals surface area contributed by atoms with Crippen molar-refractivity contribution in [3.8, 4) is 0 Å². The van der Waals surface area contributed by atoms with Crippen molar-refractivity contribution in [2.45, 2.75) is 46.1 Å². The van der Waals surface area contributed by atoms with E-state index in [4.69, 9.17) is 4.74 Å². The third kappa shape index (κ3) is 6.51. The van der Waals surface area contributed by atoms with Gasteiger partial charge in [-0.2, -0.15) is 0 Å². The van der Waals surface area contributed by atoms with Crippen LogP contribution in [0.5, 0.6) is 0 Å². The Balaban J connectivity index is 2.18. The molecule has 1 aliphatic carbocycles. The maximum absolute atomic E-state index is 11.8. The standard InChI is InChI=1S/C13H26N2O2/c1-5-15(12(16)17-13(2,3)4)9-8-14-10-11-6-7-11/h11,14H,5-10H2,1-4H3. The summed E-state index contributed by atoms with van der Waals surface area (Å²) >= 11 is 0. The highest BCUT2D eigenvalue weighted by Gasteiger charge is 2.22. The molecule has 0 unspecified atom stereocenters. The summed E-state index contributed by atoms with van der Waals surface area (Å²) in [6.45, 7) is 11.0. The SMILES string of the molecule is CCN(CCNCC1CC1)C(=O)OC(C)(C)C. The second-order valence-electron chi connectivity index (χ2n) is 5.71. The van der Waals surface area contributed by atoms with Crippen LogP contribution in [0, 0.1) is 5.92 Å². The second-order valence-corrected chi connectivity index (χ2v) is 5.71.